The molecular weight excluding hydrogens is 468 g/mol. The number of methoxy groups -OCH3 is 1. The molecule has 7 nitrogen and oxygen atoms in total. The molecule has 37 heavy (non-hydrogen) atoms. The predicted octanol–water partition coefficient (Wildman–Crippen LogP) is 4.66. The molecule has 5 rings (SSSR count). The zero-order valence-corrected chi connectivity index (χ0v) is 21.0. The lowest BCUT2D eigenvalue weighted by Crippen LogP contribution is -2.51. The third-order valence-corrected chi connectivity index (χ3v) is 6.96. The number of hydrogen-bond acceptors (Lipinski definition) is 5. The molecule has 192 valence electrons. The molecule has 1 heterocycles. The molecule has 0 spiro atoms. The zero-order valence-electron chi connectivity index (χ0n) is 21.0. The Labute approximate surface area is 217 Å². The summed E-state index contributed by atoms with van der Waals surface area (Å²) in [4.78, 5) is 29.6. The number of nitrogens with one attached hydrogen (secondary N) is 1. The maximum atomic E-state index is 14.1. The van der Waals surface area contributed by atoms with Gasteiger partial charge in [-0.1, -0.05) is 67.4 Å². The van der Waals surface area contributed by atoms with Gasteiger partial charge in [-0.3, -0.25) is 9.59 Å². The van der Waals surface area contributed by atoms with Crippen molar-refractivity contribution in [1.29, 1.82) is 0 Å². The lowest BCUT2D eigenvalue weighted by Gasteiger charge is -2.36. The number of nitrogens with zero attached hydrogens (tertiary/aromatic N) is 1. The van der Waals surface area contributed by atoms with E-state index in [1.54, 1.807) is 18.1 Å². The molecule has 0 saturated heterocycles. The molecule has 2 amide bonds. The van der Waals surface area contributed by atoms with Gasteiger partial charge in [0, 0.05) is 12.6 Å². The number of hydrogen-bond donors (Lipinski definition) is 1. The molecule has 1 aliphatic carbocycles. The van der Waals surface area contributed by atoms with Gasteiger partial charge in [0.05, 0.1) is 7.11 Å². The van der Waals surface area contributed by atoms with Crippen molar-refractivity contribution in [1.82, 2.24) is 10.2 Å². The van der Waals surface area contributed by atoms with Crippen molar-refractivity contribution >= 4 is 11.8 Å². The third-order valence-electron chi connectivity index (χ3n) is 6.96. The maximum absolute atomic E-state index is 14.1. The number of benzene rings is 3. The number of ether oxygens (including phenoxy) is 3. The first-order chi connectivity index (χ1) is 18.1. The minimum absolute atomic E-state index is 0.0702. The van der Waals surface area contributed by atoms with E-state index < -0.39 is 12.1 Å². The normalized spacial score (nSPS) is 17.6. The molecule has 1 N–H and O–H groups in total. The Hall–Kier alpha value is -4.00. The minimum atomic E-state index is -0.876. The first-order valence-corrected chi connectivity index (χ1v) is 12.8. The first kappa shape index (κ1) is 24.7. The van der Waals surface area contributed by atoms with Crippen LogP contribution in [0, 0.1) is 0 Å². The van der Waals surface area contributed by atoms with Crippen LogP contribution in [0.5, 0.6) is 17.2 Å². The molecule has 3 aromatic rings. The van der Waals surface area contributed by atoms with Gasteiger partial charge < -0.3 is 24.4 Å². The van der Waals surface area contributed by atoms with Gasteiger partial charge in [0.25, 0.3) is 5.91 Å². The Bertz CT molecular complexity index is 1210. The van der Waals surface area contributed by atoms with E-state index in [-0.39, 0.29) is 31.0 Å². The van der Waals surface area contributed by atoms with Gasteiger partial charge in [-0.25, -0.2) is 0 Å². The Kier molecular flexibility index (Phi) is 7.59. The van der Waals surface area contributed by atoms with E-state index in [1.807, 2.05) is 72.8 Å². The third kappa shape index (κ3) is 5.71. The molecule has 7 heteroatoms. The van der Waals surface area contributed by atoms with E-state index in [2.05, 4.69) is 5.32 Å². The molecule has 0 bridgehead atoms. The summed E-state index contributed by atoms with van der Waals surface area (Å²) < 4.78 is 17.3. The van der Waals surface area contributed by atoms with E-state index in [0.717, 1.165) is 31.2 Å². The summed E-state index contributed by atoms with van der Waals surface area (Å²) in [5.41, 5.74) is 1.62. The summed E-state index contributed by atoms with van der Waals surface area (Å²) in [6, 6.07) is 23.6. The number of rotatable bonds is 8. The van der Waals surface area contributed by atoms with Gasteiger partial charge in [0.15, 0.2) is 11.5 Å². The smallest absolute Gasteiger partial charge is 0.268 e. The summed E-state index contributed by atoms with van der Waals surface area (Å²) >= 11 is 0. The Morgan fingerprint density at radius 2 is 1.62 bits per heavy atom. The topological polar surface area (TPSA) is 77.1 Å². The molecule has 2 atom stereocenters. The quantitative estimate of drug-likeness (QED) is 0.487. The van der Waals surface area contributed by atoms with Crippen LogP contribution in [0.4, 0.5) is 0 Å². The number of carbonyl (C=O) groups excluding carboxylic acids is 2. The van der Waals surface area contributed by atoms with E-state index in [9.17, 15) is 9.59 Å². The Balaban J connectivity index is 1.50. The molecule has 3 aromatic carbocycles. The summed E-state index contributed by atoms with van der Waals surface area (Å²) in [7, 11) is 1.60. The van der Waals surface area contributed by atoms with Crippen LogP contribution in [-0.2, 0) is 16.1 Å². The zero-order chi connectivity index (χ0) is 25.6. The van der Waals surface area contributed by atoms with Crippen molar-refractivity contribution in [2.24, 2.45) is 0 Å². The second-order valence-corrected chi connectivity index (χ2v) is 9.48. The minimum Gasteiger partial charge on any atom is -0.497 e. The van der Waals surface area contributed by atoms with Crippen LogP contribution in [0.1, 0.15) is 42.9 Å². The molecular formula is C30H32N2O5. The summed E-state index contributed by atoms with van der Waals surface area (Å²) in [5.74, 6) is 1.30. The number of para-hydroxylation sites is 2. The summed E-state index contributed by atoms with van der Waals surface area (Å²) in [6.07, 6.45) is 3.21. The summed E-state index contributed by atoms with van der Waals surface area (Å²) in [5, 5.41) is 3.21. The van der Waals surface area contributed by atoms with Crippen molar-refractivity contribution in [3.8, 4) is 17.2 Å². The van der Waals surface area contributed by atoms with Gasteiger partial charge in [0.1, 0.15) is 18.4 Å². The average molecular weight is 501 g/mol. The van der Waals surface area contributed by atoms with Crippen molar-refractivity contribution in [2.45, 2.75) is 50.4 Å². The maximum Gasteiger partial charge on any atom is 0.268 e. The largest absolute Gasteiger partial charge is 0.497 e. The number of amides is 2. The standard InChI is InChI=1S/C30H32N2O5/c1-35-24-17-15-22(16-18-24)28(29(33)31-23-11-5-6-12-23)32(19-21-9-3-2-4-10-21)30(34)27-20-36-25-13-7-8-14-26(25)37-27/h2-4,7-10,13-18,23,27-28H,5-6,11-12,19-20H2,1H3,(H,31,33)/t27-,28-/m0/s1. The second-order valence-electron chi connectivity index (χ2n) is 9.48. The molecule has 2 aliphatic rings. The van der Waals surface area contributed by atoms with Crippen molar-refractivity contribution in [3.63, 3.8) is 0 Å². The van der Waals surface area contributed by atoms with Crippen LogP contribution in [0.25, 0.3) is 0 Å². The van der Waals surface area contributed by atoms with Gasteiger partial charge in [-0.15, -0.1) is 0 Å². The molecule has 1 aliphatic heterocycles. The Morgan fingerprint density at radius 3 is 2.32 bits per heavy atom. The van der Waals surface area contributed by atoms with E-state index in [0.29, 0.717) is 22.8 Å². The highest BCUT2D eigenvalue weighted by molar-refractivity contribution is 5.91. The highest BCUT2D eigenvalue weighted by Gasteiger charge is 2.39. The van der Waals surface area contributed by atoms with Crippen LogP contribution < -0.4 is 19.5 Å². The van der Waals surface area contributed by atoms with Crippen molar-refractivity contribution in [3.05, 3.63) is 90.0 Å². The summed E-state index contributed by atoms with van der Waals surface area (Å²) in [6.45, 7) is 0.316. The lowest BCUT2D eigenvalue weighted by atomic mass is 10.0. The highest BCUT2D eigenvalue weighted by atomic mass is 16.6. The second kappa shape index (κ2) is 11.4. The molecule has 1 fully saturated rings. The monoisotopic (exact) mass is 500 g/mol. The van der Waals surface area contributed by atoms with E-state index in [1.165, 1.54) is 0 Å². The van der Waals surface area contributed by atoms with E-state index >= 15 is 0 Å². The van der Waals surface area contributed by atoms with Gasteiger partial charge in [0.2, 0.25) is 12.0 Å². The van der Waals surface area contributed by atoms with Crippen LogP contribution in [0.3, 0.4) is 0 Å². The molecule has 0 aromatic heterocycles. The van der Waals surface area contributed by atoms with Crippen LogP contribution >= 0.6 is 0 Å². The highest BCUT2D eigenvalue weighted by Crippen LogP contribution is 2.33. The Morgan fingerprint density at radius 1 is 0.946 bits per heavy atom. The lowest BCUT2D eigenvalue weighted by molar-refractivity contribution is -0.149. The molecule has 0 unspecified atom stereocenters. The molecule has 0 radical (unpaired) electrons. The van der Waals surface area contributed by atoms with Crippen LogP contribution in [0.15, 0.2) is 78.9 Å². The fourth-order valence-corrected chi connectivity index (χ4v) is 5.01. The fourth-order valence-electron chi connectivity index (χ4n) is 5.01. The SMILES string of the molecule is COc1ccc([C@@H](C(=O)NC2CCCC2)N(Cc2ccccc2)C(=O)[C@@H]2COc3ccccc3O2)cc1. The molecule has 1 saturated carbocycles. The van der Waals surface area contributed by atoms with Crippen LogP contribution in [-0.4, -0.2) is 42.6 Å². The average Bonchev–Trinajstić information content (AvgIpc) is 3.46. The van der Waals surface area contributed by atoms with Gasteiger partial charge >= 0.3 is 0 Å². The van der Waals surface area contributed by atoms with E-state index in [4.69, 9.17) is 14.2 Å². The predicted molar refractivity (Wildman–Crippen MR) is 139 cm³/mol. The van der Waals surface area contributed by atoms with Crippen molar-refractivity contribution in [2.75, 3.05) is 13.7 Å². The fraction of sp³-hybridized carbons (Fsp3) is 0.333. The number of fused-ring (bicyclic) bond motifs is 1. The van der Waals surface area contributed by atoms with Crippen molar-refractivity contribution < 1.29 is 23.8 Å². The first-order valence-electron chi connectivity index (χ1n) is 12.8. The number of carbonyl (C=O) groups is 2. The van der Waals surface area contributed by atoms with Gasteiger partial charge in [-0.2, -0.15) is 0 Å². The van der Waals surface area contributed by atoms with Crippen LogP contribution in [0.2, 0.25) is 0 Å². The van der Waals surface area contributed by atoms with Gasteiger partial charge in [-0.05, 0) is 48.2 Å².